The molecule has 13 heteroatoms. The third-order valence-electron chi connectivity index (χ3n) is 7.98. The number of piperazine rings is 1. The van der Waals surface area contributed by atoms with Crippen molar-refractivity contribution in [3.05, 3.63) is 46.7 Å². The van der Waals surface area contributed by atoms with Crippen LogP contribution in [0.1, 0.15) is 12.8 Å². The molecule has 3 heterocycles. The zero-order chi connectivity index (χ0) is 30.2. The number of fused-ring (bicyclic) bond motifs is 1. The predicted octanol–water partition coefficient (Wildman–Crippen LogP) is 5.87. The van der Waals surface area contributed by atoms with Gasteiger partial charge in [0.1, 0.15) is 28.8 Å². The molecule has 3 aromatic rings. The minimum absolute atomic E-state index is 0.316. The number of allylic oxidation sites excluding steroid dienone is 1. The normalized spacial score (nSPS) is 17.7. The first-order chi connectivity index (χ1) is 21.0. The summed E-state index contributed by atoms with van der Waals surface area (Å²) in [5.41, 5.74) is 6.44. The Hall–Kier alpha value is -3.03. The highest BCUT2D eigenvalue weighted by atomic mass is 35.5. The Bertz CT molecular complexity index is 1450. The lowest BCUT2D eigenvalue weighted by Gasteiger charge is -2.42. The molecule has 0 amide bonds. The number of ether oxygens (including phenoxy) is 1. The second-order valence-corrected chi connectivity index (χ2v) is 12.5. The first-order valence-electron chi connectivity index (χ1n) is 14.4. The summed E-state index contributed by atoms with van der Waals surface area (Å²) in [6.45, 7) is 10.8. The summed E-state index contributed by atoms with van der Waals surface area (Å²) in [4.78, 5) is 20.6. The average molecular weight is 642 g/mol. The lowest BCUT2D eigenvalue weighted by molar-refractivity contribution is 0.0982. The van der Waals surface area contributed by atoms with E-state index in [0.29, 0.717) is 23.6 Å². The average Bonchev–Trinajstić information content (AvgIpc) is 3.52. The molecule has 2 aliphatic heterocycles. The number of aromatic nitrogens is 1. The minimum atomic E-state index is 0.316. The van der Waals surface area contributed by atoms with Crippen molar-refractivity contribution in [1.82, 2.24) is 14.8 Å². The SMILES string of the molecule is C=N/C(Nc1ccc2scnc2c1NSC)=C(Cl)\C=N/CNc1ccc(N2CCC(N3CCN(C)CC3)CC2)cc1OC. The number of nitrogens with one attached hydrogen (secondary N) is 3. The second-order valence-electron chi connectivity index (χ2n) is 10.6. The highest BCUT2D eigenvalue weighted by Gasteiger charge is 2.27. The Balaban J connectivity index is 1.17. The van der Waals surface area contributed by atoms with Gasteiger partial charge in [-0.2, -0.15) is 0 Å². The lowest BCUT2D eigenvalue weighted by Crippen LogP contribution is -2.52. The van der Waals surface area contributed by atoms with Crippen LogP contribution < -0.4 is 25.0 Å². The zero-order valence-electron chi connectivity index (χ0n) is 25.0. The summed E-state index contributed by atoms with van der Waals surface area (Å²) in [5, 5.41) is 6.94. The van der Waals surface area contributed by atoms with Crippen LogP contribution >= 0.6 is 34.9 Å². The van der Waals surface area contributed by atoms with Crippen molar-refractivity contribution in [3.8, 4) is 5.75 Å². The topological polar surface area (TPSA) is 92.6 Å². The number of benzene rings is 2. The van der Waals surface area contributed by atoms with Crippen LogP contribution in [0.5, 0.6) is 5.75 Å². The van der Waals surface area contributed by atoms with E-state index in [9.17, 15) is 0 Å². The van der Waals surface area contributed by atoms with Gasteiger partial charge in [0, 0.05) is 69.5 Å². The van der Waals surface area contributed by atoms with Gasteiger partial charge < -0.3 is 29.9 Å². The molecule has 2 saturated heterocycles. The van der Waals surface area contributed by atoms with E-state index in [1.54, 1.807) is 24.7 Å². The van der Waals surface area contributed by atoms with Gasteiger partial charge in [-0.05, 0) is 50.9 Å². The van der Waals surface area contributed by atoms with Crippen LogP contribution in [0.2, 0.25) is 0 Å². The van der Waals surface area contributed by atoms with E-state index < -0.39 is 0 Å². The van der Waals surface area contributed by atoms with Gasteiger partial charge in [-0.15, -0.1) is 11.3 Å². The van der Waals surface area contributed by atoms with E-state index in [1.165, 1.54) is 56.7 Å². The number of anilines is 4. The summed E-state index contributed by atoms with van der Waals surface area (Å²) in [6.07, 6.45) is 5.92. The Morgan fingerprint density at radius 1 is 1.16 bits per heavy atom. The van der Waals surface area contributed by atoms with Crippen molar-refractivity contribution in [2.75, 3.05) is 86.6 Å². The molecule has 10 nitrogen and oxygen atoms in total. The Morgan fingerprint density at radius 3 is 2.65 bits per heavy atom. The second kappa shape index (κ2) is 15.1. The van der Waals surface area contributed by atoms with Gasteiger partial charge in [0.05, 0.1) is 34.4 Å². The monoisotopic (exact) mass is 641 g/mol. The number of hydrogen-bond acceptors (Lipinski definition) is 12. The van der Waals surface area contributed by atoms with E-state index in [4.69, 9.17) is 16.3 Å². The molecular formula is C30H40ClN9OS2. The minimum Gasteiger partial charge on any atom is -0.495 e. The number of hydrogen-bond donors (Lipinski definition) is 3. The number of methoxy groups -OCH3 is 1. The van der Waals surface area contributed by atoms with Crippen LogP contribution in [0.15, 0.2) is 56.7 Å². The van der Waals surface area contributed by atoms with E-state index >= 15 is 0 Å². The fourth-order valence-electron chi connectivity index (χ4n) is 5.56. The van der Waals surface area contributed by atoms with Gasteiger partial charge in [-0.3, -0.25) is 9.89 Å². The maximum Gasteiger partial charge on any atom is 0.150 e. The predicted molar refractivity (Wildman–Crippen MR) is 187 cm³/mol. The van der Waals surface area contributed by atoms with Gasteiger partial charge in [0.15, 0.2) is 0 Å². The molecule has 1 aromatic heterocycles. The van der Waals surface area contributed by atoms with Crippen LogP contribution in [0, 0.1) is 0 Å². The first kappa shape index (κ1) is 31.4. The maximum absolute atomic E-state index is 6.57. The third kappa shape index (κ3) is 7.74. The molecule has 2 aromatic carbocycles. The molecule has 0 unspecified atom stereocenters. The molecule has 43 heavy (non-hydrogen) atoms. The van der Waals surface area contributed by atoms with E-state index in [1.807, 2.05) is 23.9 Å². The van der Waals surface area contributed by atoms with E-state index in [0.717, 1.165) is 46.1 Å². The van der Waals surface area contributed by atoms with Gasteiger partial charge in [-0.1, -0.05) is 23.5 Å². The van der Waals surface area contributed by atoms with Gasteiger partial charge in [0.2, 0.25) is 0 Å². The van der Waals surface area contributed by atoms with Crippen LogP contribution in [-0.4, -0.2) is 100 Å². The van der Waals surface area contributed by atoms with Crippen molar-refractivity contribution < 1.29 is 4.74 Å². The Labute approximate surface area is 267 Å². The van der Waals surface area contributed by atoms with Gasteiger partial charge in [-0.25, -0.2) is 9.98 Å². The van der Waals surface area contributed by atoms with Crippen LogP contribution in [0.3, 0.4) is 0 Å². The molecule has 0 spiro atoms. The number of halogens is 1. The lowest BCUT2D eigenvalue weighted by atomic mass is 10.0. The first-order valence-corrected chi connectivity index (χ1v) is 16.9. The molecule has 2 aliphatic rings. The molecule has 0 saturated carbocycles. The van der Waals surface area contributed by atoms with E-state index in [-0.39, 0.29) is 0 Å². The third-order valence-corrected chi connectivity index (χ3v) is 9.46. The quantitative estimate of drug-likeness (QED) is 0.166. The van der Waals surface area contributed by atoms with Crippen molar-refractivity contribution in [2.45, 2.75) is 18.9 Å². The largest absolute Gasteiger partial charge is 0.495 e. The molecule has 0 bridgehead atoms. The highest BCUT2D eigenvalue weighted by molar-refractivity contribution is 7.99. The standard InChI is InChI=1S/C30H40ClN9OS2/c1-32-30(36-25-7-8-27-29(35-20-43-27)28(25)37-42-4)23(31)18-33-19-34-24-6-5-22(17-26(24)41-3)39-11-9-21(10-12-39)40-15-13-38(2)14-16-40/h5-8,17-18,20-21,34,36-37H,1,9-16,19H2,2-4H3/b30-23-,33-18-. The summed E-state index contributed by atoms with van der Waals surface area (Å²) < 4.78 is 10.1. The molecule has 5 rings (SSSR count). The molecule has 2 fully saturated rings. The molecular weight excluding hydrogens is 602 g/mol. The number of aliphatic imine (C=N–C) groups is 2. The summed E-state index contributed by atoms with van der Waals surface area (Å²) in [6, 6.07) is 11.0. The molecule has 0 radical (unpaired) electrons. The number of likely N-dealkylation sites (N-methyl/N-ethyl adjacent to an activating group) is 1. The fourth-order valence-corrected chi connectivity index (χ4v) is 6.83. The van der Waals surface area contributed by atoms with Crippen molar-refractivity contribution in [3.63, 3.8) is 0 Å². The Kier molecular flexibility index (Phi) is 11.0. The maximum atomic E-state index is 6.57. The van der Waals surface area contributed by atoms with Crippen molar-refractivity contribution in [1.29, 1.82) is 0 Å². The smallest absolute Gasteiger partial charge is 0.150 e. The van der Waals surface area contributed by atoms with Crippen LogP contribution in [-0.2, 0) is 0 Å². The van der Waals surface area contributed by atoms with Gasteiger partial charge >= 0.3 is 0 Å². The molecule has 0 atom stereocenters. The van der Waals surface area contributed by atoms with Crippen molar-refractivity contribution >= 4 is 80.8 Å². The molecule has 230 valence electrons. The number of rotatable bonds is 12. The number of thiazole rings is 1. The fraction of sp³-hybridized carbons (Fsp3) is 0.433. The van der Waals surface area contributed by atoms with Crippen molar-refractivity contribution in [2.24, 2.45) is 9.98 Å². The van der Waals surface area contributed by atoms with E-state index in [2.05, 4.69) is 77.0 Å². The summed E-state index contributed by atoms with van der Waals surface area (Å²) >= 11 is 9.65. The molecule has 0 aliphatic carbocycles. The van der Waals surface area contributed by atoms with Crippen LogP contribution in [0.4, 0.5) is 22.7 Å². The summed E-state index contributed by atoms with van der Waals surface area (Å²) in [5.74, 6) is 1.19. The number of piperidine rings is 1. The van der Waals surface area contributed by atoms with Crippen LogP contribution in [0.25, 0.3) is 10.2 Å². The highest BCUT2D eigenvalue weighted by Crippen LogP contribution is 2.35. The number of nitrogens with zero attached hydrogens (tertiary/aromatic N) is 6. The van der Waals surface area contributed by atoms with Gasteiger partial charge in [0.25, 0.3) is 0 Å². The Morgan fingerprint density at radius 2 is 1.93 bits per heavy atom. The molecule has 3 N–H and O–H groups in total. The summed E-state index contributed by atoms with van der Waals surface area (Å²) in [7, 11) is 3.91. The zero-order valence-corrected chi connectivity index (χ0v) is 27.4.